The van der Waals surface area contributed by atoms with Gasteiger partial charge in [-0.1, -0.05) is 86.3 Å². The third-order valence-corrected chi connectivity index (χ3v) is 20.6. The molecule has 19 atom stereocenters. The molecule has 8 aliphatic rings. The molecule has 0 saturated heterocycles. The first-order valence-corrected chi connectivity index (χ1v) is 24.5. The van der Waals surface area contributed by atoms with Crippen molar-refractivity contribution < 1.29 is 59.9 Å². The van der Waals surface area contributed by atoms with Gasteiger partial charge in [-0.3, -0.25) is 0 Å². The Labute approximate surface area is 376 Å². The summed E-state index contributed by atoms with van der Waals surface area (Å²) in [4.78, 5) is 11.0. The van der Waals surface area contributed by atoms with Gasteiger partial charge in [0.05, 0.1) is 24.4 Å². The quantitative estimate of drug-likeness (QED) is 0.156. The van der Waals surface area contributed by atoms with Gasteiger partial charge in [-0.05, 0) is 202 Å². The second-order valence-corrected chi connectivity index (χ2v) is 23.6. The van der Waals surface area contributed by atoms with E-state index in [4.69, 9.17) is 0 Å². The number of aliphatic carboxylic acids is 1. The molecule has 0 aromatic heterocycles. The van der Waals surface area contributed by atoms with Crippen LogP contribution in [0.2, 0.25) is 0 Å². The maximum atomic E-state index is 11.5. The first-order chi connectivity index (χ1) is 26.8. The van der Waals surface area contributed by atoms with Gasteiger partial charge in [0, 0.05) is 5.97 Å². The summed E-state index contributed by atoms with van der Waals surface area (Å²) in [5, 5.41) is 54.1. The summed E-state index contributed by atoms with van der Waals surface area (Å²) >= 11 is 0. The molecule has 326 valence electrons. The number of carboxylic acid groups (broad SMARTS) is 1. The summed E-state index contributed by atoms with van der Waals surface area (Å²) in [5.74, 6) is 6.09. The van der Waals surface area contributed by atoms with E-state index in [0.29, 0.717) is 29.1 Å². The van der Waals surface area contributed by atoms with Crippen molar-refractivity contribution in [2.45, 2.75) is 208 Å². The fraction of sp³-hybridized carbons (Fsp3) is 0.941. The van der Waals surface area contributed by atoms with E-state index in [1.54, 1.807) is 5.57 Å². The number of hydrogen-bond acceptors (Lipinski definition) is 6. The van der Waals surface area contributed by atoms with Crippen LogP contribution in [0.5, 0.6) is 0 Å². The molecule has 58 heavy (non-hydrogen) atoms. The molecule has 0 aliphatic heterocycles. The maximum absolute atomic E-state index is 11.5. The Morgan fingerprint density at radius 1 is 0.724 bits per heavy atom. The summed E-state index contributed by atoms with van der Waals surface area (Å²) in [6.07, 6.45) is 22.9. The Bertz CT molecular complexity index is 1450. The molecule has 4 N–H and O–H groups in total. The van der Waals surface area contributed by atoms with Crippen molar-refractivity contribution in [2.24, 2.45) is 92.7 Å². The Morgan fingerprint density at radius 2 is 1.38 bits per heavy atom. The third kappa shape index (κ3) is 8.42. The SMILES string of the molecule is CC(C)CCC[C@@H](C)[C@H]1CCC2C3CC=C4CC(O)CC[C@]4(C)C3CC[C@@]21C.C[C@H](CCC(=O)[O-])[C@H]1CCC2C3C(C[C@H](O)[C@@]21C)[C@@]1(C)CC[C@@H](O)C[C@H]1C[C@H]3O.[Na+]. The number of carbonyl (C=O) groups is 1. The van der Waals surface area contributed by atoms with Gasteiger partial charge in [0.15, 0.2) is 0 Å². The zero-order valence-corrected chi connectivity index (χ0v) is 40.6. The average molecular weight is 817 g/mol. The summed E-state index contributed by atoms with van der Waals surface area (Å²) < 4.78 is 0. The molecule has 0 heterocycles. The molecule has 0 aromatic carbocycles. The molecule has 6 nitrogen and oxygen atoms in total. The van der Waals surface area contributed by atoms with E-state index in [2.05, 4.69) is 61.5 Å². The third-order valence-electron chi connectivity index (χ3n) is 20.6. The van der Waals surface area contributed by atoms with Crippen molar-refractivity contribution in [3.8, 4) is 0 Å². The van der Waals surface area contributed by atoms with Gasteiger partial charge in [0.1, 0.15) is 0 Å². The van der Waals surface area contributed by atoms with Crippen LogP contribution in [0.4, 0.5) is 0 Å². The minimum absolute atomic E-state index is 0. The Balaban J connectivity index is 0.000000192. The average Bonchev–Trinajstić information content (AvgIpc) is 3.70. The number of aliphatic hydroxyl groups is 4. The number of aliphatic hydroxyl groups excluding tert-OH is 4. The van der Waals surface area contributed by atoms with E-state index < -0.39 is 12.1 Å². The first kappa shape index (κ1) is 47.5. The van der Waals surface area contributed by atoms with Crippen molar-refractivity contribution >= 4 is 5.97 Å². The van der Waals surface area contributed by atoms with Gasteiger partial charge < -0.3 is 30.3 Å². The van der Waals surface area contributed by atoms with Crippen molar-refractivity contribution in [2.75, 3.05) is 0 Å². The van der Waals surface area contributed by atoms with Crippen LogP contribution >= 0.6 is 0 Å². The normalized spacial score (nSPS) is 48.9. The van der Waals surface area contributed by atoms with Crippen LogP contribution in [-0.4, -0.2) is 50.8 Å². The second kappa shape index (κ2) is 18.3. The minimum atomic E-state index is -0.998. The van der Waals surface area contributed by atoms with Crippen molar-refractivity contribution in [1.82, 2.24) is 0 Å². The molecule has 0 aromatic rings. The van der Waals surface area contributed by atoms with Crippen LogP contribution in [0.3, 0.4) is 0 Å². The Kier molecular flexibility index (Phi) is 15.0. The van der Waals surface area contributed by atoms with E-state index in [1.807, 2.05) is 0 Å². The standard InChI is InChI=1S/C27H46O.C24H40O5.Na/c1-18(2)7-6-8-19(3)23-11-12-24-22-10-9-20-17-21(28)13-15-26(20,4)25(22)14-16-27(23,24)5;1-13(4-7-21(28)29)16-5-6-17-22-18(12-20(27)24(16,17)3)23(2)9-8-15(25)10-14(23)11-19(22)26;/h9,18-19,21-25,28H,6-8,10-17H2,1-5H3;13-20,22,25-27H,4-12H2,1-3H3,(H,28,29);/q;;+1/p-1/t19-,21?,22?,23-,24?,25?,26+,27-;13-,14+,15-,16-,17?,18?,19-,20+,22?,23+,24-;/m11./s1. The van der Waals surface area contributed by atoms with Gasteiger partial charge in [0.25, 0.3) is 0 Å². The van der Waals surface area contributed by atoms with Gasteiger partial charge in [-0.25, -0.2) is 0 Å². The number of carbonyl (C=O) groups excluding carboxylic acids is 1. The van der Waals surface area contributed by atoms with Gasteiger partial charge in [-0.15, -0.1) is 0 Å². The van der Waals surface area contributed by atoms with E-state index in [1.165, 1.54) is 57.8 Å². The van der Waals surface area contributed by atoms with Gasteiger partial charge in [-0.2, -0.15) is 0 Å². The van der Waals surface area contributed by atoms with Crippen LogP contribution in [-0.2, 0) is 4.79 Å². The monoisotopic (exact) mass is 817 g/mol. The molecule has 7 heteroatoms. The van der Waals surface area contributed by atoms with Gasteiger partial charge >= 0.3 is 29.6 Å². The molecular formula is C51H85NaO6. The molecular weight excluding hydrogens is 732 g/mol. The number of allylic oxidation sites excluding steroid dienone is 1. The second-order valence-electron chi connectivity index (χ2n) is 23.6. The van der Waals surface area contributed by atoms with Gasteiger partial charge in [0.2, 0.25) is 0 Å². The summed E-state index contributed by atoms with van der Waals surface area (Å²) in [6.45, 7) is 19.2. The molecule has 8 rings (SSSR count). The van der Waals surface area contributed by atoms with Crippen LogP contribution in [0, 0.1) is 92.7 Å². The number of fused-ring (bicyclic) bond motifs is 10. The predicted molar refractivity (Wildman–Crippen MR) is 226 cm³/mol. The fourth-order valence-corrected chi connectivity index (χ4v) is 17.3. The van der Waals surface area contributed by atoms with Crippen LogP contribution in [0.15, 0.2) is 11.6 Å². The topological polar surface area (TPSA) is 121 Å². The van der Waals surface area contributed by atoms with Crippen LogP contribution in [0.25, 0.3) is 0 Å². The molecule has 7 fully saturated rings. The Morgan fingerprint density at radius 3 is 2.09 bits per heavy atom. The number of carboxylic acids is 1. The maximum Gasteiger partial charge on any atom is 1.00 e. The largest absolute Gasteiger partial charge is 1.00 e. The summed E-state index contributed by atoms with van der Waals surface area (Å²) in [7, 11) is 0. The van der Waals surface area contributed by atoms with Crippen molar-refractivity contribution in [1.29, 1.82) is 0 Å². The minimum Gasteiger partial charge on any atom is -0.550 e. The predicted octanol–water partition coefficient (Wildman–Crippen LogP) is 6.51. The molecule has 0 radical (unpaired) electrons. The molecule has 0 amide bonds. The van der Waals surface area contributed by atoms with Crippen LogP contribution < -0.4 is 34.7 Å². The molecule has 0 spiro atoms. The molecule has 7 unspecified atom stereocenters. The van der Waals surface area contributed by atoms with Crippen molar-refractivity contribution in [3.05, 3.63) is 11.6 Å². The Hall–Kier alpha value is 0.0500. The fourth-order valence-electron chi connectivity index (χ4n) is 17.3. The summed E-state index contributed by atoms with van der Waals surface area (Å²) in [5.41, 5.74) is 2.43. The van der Waals surface area contributed by atoms with E-state index in [0.717, 1.165) is 93.3 Å². The smallest absolute Gasteiger partial charge is 0.550 e. The van der Waals surface area contributed by atoms with E-state index in [-0.39, 0.29) is 88.8 Å². The van der Waals surface area contributed by atoms with Crippen LogP contribution in [0.1, 0.15) is 184 Å². The molecule has 0 bridgehead atoms. The van der Waals surface area contributed by atoms with Crippen molar-refractivity contribution in [3.63, 3.8) is 0 Å². The first-order valence-electron chi connectivity index (χ1n) is 24.5. The van der Waals surface area contributed by atoms with E-state index in [9.17, 15) is 30.3 Å². The zero-order chi connectivity index (χ0) is 41.2. The number of rotatable bonds is 9. The summed E-state index contributed by atoms with van der Waals surface area (Å²) in [6, 6.07) is 0. The zero-order valence-electron chi connectivity index (χ0n) is 38.6. The molecule has 7 saturated carbocycles. The number of hydrogen-bond donors (Lipinski definition) is 4. The molecule has 8 aliphatic carbocycles. The van der Waals surface area contributed by atoms with E-state index >= 15 is 0 Å².